The highest BCUT2D eigenvalue weighted by molar-refractivity contribution is 7.12. The van der Waals surface area contributed by atoms with E-state index < -0.39 is 0 Å². The van der Waals surface area contributed by atoms with E-state index in [1.165, 1.54) is 17.8 Å². The van der Waals surface area contributed by atoms with Crippen molar-refractivity contribution in [3.05, 3.63) is 46.7 Å². The second kappa shape index (κ2) is 8.26. The molecule has 3 heterocycles. The molecular formula is C22H26N2O2S. The van der Waals surface area contributed by atoms with E-state index in [4.69, 9.17) is 0 Å². The Balaban J connectivity index is 1.40. The van der Waals surface area contributed by atoms with Gasteiger partial charge in [0.05, 0.1) is 4.88 Å². The van der Waals surface area contributed by atoms with Crippen molar-refractivity contribution in [3.8, 4) is 11.1 Å². The van der Waals surface area contributed by atoms with E-state index in [-0.39, 0.29) is 11.8 Å². The van der Waals surface area contributed by atoms with Crippen molar-refractivity contribution < 1.29 is 9.59 Å². The van der Waals surface area contributed by atoms with Gasteiger partial charge in [0.1, 0.15) is 0 Å². The van der Waals surface area contributed by atoms with Crippen molar-refractivity contribution in [2.75, 3.05) is 26.2 Å². The number of rotatable bonds is 3. The Bertz CT molecular complexity index is 788. The molecular weight excluding hydrogens is 356 g/mol. The summed E-state index contributed by atoms with van der Waals surface area (Å²) in [5.41, 5.74) is 2.09. The van der Waals surface area contributed by atoms with Gasteiger partial charge in [-0.1, -0.05) is 30.3 Å². The number of carbonyl (C=O) groups excluding carboxylic acids is 2. The summed E-state index contributed by atoms with van der Waals surface area (Å²) < 4.78 is 0. The van der Waals surface area contributed by atoms with Crippen LogP contribution < -0.4 is 0 Å². The minimum atomic E-state index is 0.0871. The molecule has 2 fully saturated rings. The van der Waals surface area contributed by atoms with Crippen LogP contribution in [0.25, 0.3) is 11.1 Å². The number of carbonyl (C=O) groups is 2. The summed E-state index contributed by atoms with van der Waals surface area (Å²) in [7, 11) is 0. The Kier molecular flexibility index (Phi) is 5.58. The highest BCUT2D eigenvalue weighted by atomic mass is 32.1. The van der Waals surface area contributed by atoms with Crippen molar-refractivity contribution >= 4 is 23.2 Å². The van der Waals surface area contributed by atoms with Crippen molar-refractivity contribution in [2.24, 2.45) is 5.92 Å². The number of thiophene rings is 1. The van der Waals surface area contributed by atoms with Gasteiger partial charge in [-0.05, 0) is 49.1 Å². The minimum Gasteiger partial charge on any atom is -0.342 e. The molecule has 142 valence electrons. The molecule has 0 bridgehead atoms. The third-order valence-electron chi connectivity index (χ3n) is 5.74. The Morgan fingerprint density at radius 1 is 0.852 bits per heavy atom. The number of hydrogen-bond acceptors (Lipinski definition) is 3. The molecule has 0 aliphatic carbocycles. The topological polar surface area (TPSA) is 40.6 Å². The van der Waals surface area contributed by atoms with Crippen LogP contribution in [0, 0.1) is 5.92 Å². The monoisotopic (exact) mass is 382 g/mol. The van der Waals surface area contributed by atoms with Crippen LogP contribution in [0.4, 0.5) is 0 Å². The molecule has 2 amide bonds. The maximum atomic E-state index is 13.1. The second-order valence-electron chi connectivity index (χ2n) is 7.48. The molecule has 0 atom stereocenters. The predicted molar refractivity (Wildman–Crippen MR) is 109 cm³/mol. The Hall–Kier alpha value is -2.14. The first-order chi connectivity index (χ1) is 13.2. The van der Waals surface area contributed by atoms with E-state index in [1.54, 1.807) is 0 Å². The molecule has 2 saturated heterocycles. The SMILES string of the molecule is O=C(c1sccc1-c1ccccc1)N1CCC(C(=O)N2CCCCC2)CC1. The van der Waals surface area contributed by atoms with E-state index in [9.17, 15) is 9.59 Å². The van der Waals surface area contributed by atoms with Gasteiger partial charge in [-0.15, -0.1) is 11.3 Å². The molecule has 0 saturated carbocycles. The molecule has 0 N–H and O–H groups in total. The molecule has 4 rings (SSSR count). The van der Waals surface area contributed by atoms with E-state index >= 15 is 0 Å². The summed E-state index contributed by atoms with van der Waals surface area (Å²) in [4.78, 5) is 30.6. The van der Waals surface area contributed by atoms with Gasteiger partial charge >= 0.3 is 0 Å². The van der Waals surface area contributed by atoms with Gasteiger partial charge in [0.25, 0.3) is 5.91 Å². The smallest absolute Gasteiger partial charge is 0.264 e. The van der Waals surface area contributed by atoms with E-state index in [0.717, 1.165) is 54.8 Å². The lowest BCUT2D eigenvalue weighted by atomic mass is 9.94. The van der Waals surface area contributed by atoms with Crippen molar-refractivity contribution in [1.82, 2.24) is 9.80 Å². The summed E-state index contributed by atoms with van der Waals surface area (Å²) in [5, 5.41) is 1.99. The van der Waals surface area contributed by atoms with Crippen LogP contribution in [0.15, 0.2) is 41.8 Å². The molecule has 2 aliphatic heterocycles. The van der Waals surface area contributed by atoms with Gasteiger partial charge in [0.2, 0.25) is 5.91 Å². The fourth-order valence-electron chi connectivity index (χ4n) is 4.17. The Morgan fingerprint density at radius 2 is 1.56 bits per heavy atom. The van der Waals surface area contributed by atoms with E-state index in [2.05, 4.69) is 0 Å². The molecule has 0 spiro atoms. The third-order valence-corrected chi connectivity index (χ3v) is 6.65. The fourth-order valence-corrected chi connectivity index (χ4v) is 5.05. The number of amides is 2. The molecule has 27 heavy (non-hydrogen) atoms. The maximum absolute atomic E-state index is 13.1. The van der Waals surface area contributed by atoms with Crippen LogP contribution >= 0.6 is 11.3 Å². The molecule has 1 aromatic heterocycles. The van der Waals surface area contributed by atoms with Gasteiger partial charge in [0, 0.05) is 37.7 Å². The van der Waals surface area contributed by atoms with Gasteiger partial charge in [-0.2, -0.15) is 0 Å². The van der Waals surface area contributed by atoms with Gasteiger partial charge in [-0.25, -0.2) is 0 Å². The molecule has 0 radical (unpaired) electrons. The zero-order valence-corrected chi connectivity index (χ0v) is 16.4. The van der Waals surface area contributed by atoms with E-state index in [1.807, 2.05) is 51.6 Å². The van der Waals surface area contributed by atoms with Gasteiger partial charge in [-0.3, -0.25) is 9.59 Å². The largest absolute Gasteiger partial charge is 0.342 e. The first-order valence-corrected chi connectivity index (χ1v) is 10.8. The number of hydrogen-bond donors (Lipinski definition) is 0. The van der Waals surface area contributed by atoms with Crippen LogP contribution in [0.5, 0.6) is 0 Å². The number of benzene rings is 1. The first kappa shape index (κ1) is 18.2. The summed E-state index contributed by atoms with van der Waals surface area (Å²) in [6, 6.07) is 12.1. The Labute approximate surface area is 164 Å². The summed E-state index contributed by atoms with van der Waals surface area (Å²) in [6.07, 6.45) is 5.06. The lowest BCUT2D eigenvalue weighted by molar-refractivity contribution is -0.137. The van der Waals surface area contributed by atoms with Gasteiger partial charge in [0.15, 0.2) is 0 Å². The summed E-state index contributed by atoms with van der Waals surface area (Å²) in [5.74, 6) is 0.500. The number of likely N-dealkylation sites (tertiary alicyclic amines) is 2. The number of nitrogens with zero attached hydrogens (tertiary/aromatic N) is 2. The Morgan fingerprint density at radius 3 is 2.26 bits per heavy atom. The van der Waals surface area contributed by atoms with Crippen LogP contribution in [0.1, 0.15) is 41.8 Å². The molecule has 4 nitrogen and oxygen atoms in total. The average Bonchev–Trinajstić information content (AvgIpc) is 3.24. The van der Waals surface area contributed by atoms with Crippen LogP contribution in [0.3, 0.4) is 0 Å². The lowest BCUT2D eigenvalue weighted by Gasteiger charge is -2.35. The van der Waals surface area contributed by atoms with Crippen LogP contribution in [0.2, 0.25) is 0 Å². The first-order valence-electron chi connectivity index (χ1n) is 9.95. The van der Waals surface area contributed by atoms with Gasteiger partial charge < -0.3 is 9.80 Å². The number of piperidine rings is 2. The van der Waals surface area contributed by atoms with Crippen molar-refractivity contribution in [2.45, 2.75) is 32.1 Å². The highest BCUT2D eigenvalue weighted by Gasteiger charge is 2.31. The normalized spacial score (nSPS) is 18.5. The lowest BCUT2D eigenvalue weighted by Crippen LogP contribution is -2.45. The predicted octanol–water partition coefficient (Wildman–Crippen LogP) is 4.28. The van der Waals surface area contributed by atoms with Crippen LogP contribution in [-0.2, 0) is 4.79 Å². The summed E-state index contributed by atoms with van der Waals surface area (Å²) >= 11 is 1.51. The zero-order chi connectivity index (χ0) is 18.6. The second-order valence-corrected chi connectivity index (χ2v) is 8.40. The molecule has 0 unspecified atom stereocenters. The quantitative estimate of drug-likeness (QED) is 0.795. The summed E-state index contributed by atoms with van der Waals surface area (Å²) in [6.45, 7) is 3.17. The molecule has 5 heteroatoms. The highest BCUT2D eigenvalue weighted by Crippen LogP contribution is 2.31. The molecule has 2 aromatic rings. The zero-order valence-electron chi connectivity index (χ0n) is 15.6. The average molecular weight is 383 g/mol. The standard InChI is InChI=1S/C22H26N2O2S/c25-21(23-12-5-2-6-13-23)18-9-14-24(15-10-18)22(26)20-19(11-16-27-20)17-7-3-1-4-8-17/h1,3-4,7-8,11,16,18H,2,5-6,9-10,12-15H2. The third kappa shape index (κ3) is 3.93. The van der Waals surface area contributed by atoms with E-state index in [0.29, 0.717) is 19.0 Å². The van der Waals surface area contributed by atoms with Crippen molar-refractivity contribution in [3.63, 3.8) is 0 Å². The minimum absolute atomic E-state index is 0.0871. The van der Waals surface area contributed by atoms with Crippen molar-refractivity contribution in [1.29, 1.82) is 0 Å². The molecule has 2 aliphatic rings. The maximum Gasteiger partial charge on any atom is 0.264 e. The fraction of sp³-hybridized carbons (Fsp3) is 0.455. The molecule has 1 aromatic carbocycles. The van der Waals surface area contributed by atoms with Crippen LogP contribution in [-0.4, -0.2) is 47.8 Å².